The highest BCUT2D eigenvalue weighted by Crippen LogP contribution is 2.29. The van der Waals surface area contributed by atoms with Crippen molar-refractivity contribution >= 4 is 22.9 Å². The molecule has 134 valence electrons. The molecule has 1 aromatic heterocycles. The van der Waals surface area contributed by atoms with Gasteiger partial charge in [-0.1, -0.05) is 23.8 Å². The van der Waals surface area contributed by atoms with Gasteiger partial charge in [0.15, 0.2) is 0 Å². The van der Waals surface area contributed by atoms with Crippen LogP contribution in [0.5, 0.6) is 11.5 Å². The summed E-state index contributed by atoms with van der Waals surface area (Å²) < 4.78 is 10.5. The molecule has 0 unspecified atom stereocenters. The van der Waals surface area contributed by atoms with E-state index in [9.17, 15) is 4.79 Å². The van der Waals surface area contributed by atoms with E-state index in [-0.39, 0.29) is 12.3 Å². The molecule has 0 fully saturated rings. The lowest BCUT2D eigenvalue weighted by molar-refractivity contribution is -0.115. The van der Waals surface area contributed by atoms with Gasteiger partial charge in [-0.05, 0) is 25.1 Å². The number of nitrogens with one attached hydrogen (secondary N) is 1. The second-order valence-corrected chi connectivity index (χ2v) is 6.66. The number of hydrogen-bond donors (Lipinski definition) is 1. The Hall–Kier alpha value is -2.86. The van der Waals surface area contributed by atoms with E-state index in [4.69, 9.17) is 9.47 Å². The highest BCUT2D eigenvalue weighted by Gasteiger charge is 2.12. The summed E-state index contributed by atoms with van der Waals surface area (Å²) in [4.78, 5) is 17.0. The summed E-state index contributed by atoms with van der Waals surface area (Å²) >= 11 is 1.54. The number of methoxy groups -OCH3 is 2. The topological polar surface area (TPSA) is 60.5 Å². The van der Waals surface area contributed by atoms with Crippen LogP contribution in [0, 0.1) is 6.92 Å². The van der Waals surface area contributed by atoms with Crippen molar-refractivity contribution in [3.8, 4) is 22.1 Å². The number of amides is 1. The fourth-order valence-corrected chi connectivity index (χ4v) is 3.38. The Morgan fingerprint density at radius 3 is 2.73 bits per heavy atom. The summed E-state index contributed by atoms with van der Waals surface area (Å²) in [5, 5.41) is 5.70. The maximum Gasteiger partial charge on any atom is 0.230 e. The van der Waals surface area contributed by atoms with Crippen molar-refractivity contribution in [1.82, 2.24) is 4.98 Å². The van der Waals surface area contributed by atoms with Gasteiger partial charge in [0.25, 0.3) is 0 Å². The molecule has 0 saturated carbocycles. The van der Waals surface area contributed by atoms with E-state index >= 15 is 0 Å². The molecule has 5 nitrogen and oxygen atoms in total. The van der Waals surface area contributed by atoms with Crippen LogP contribution in [0.15, 0.2) is 47.8 Å². The minimum absolute atomic E-state index is 0.144. The first kappa shape index (κ1) is 17.9. The molecule has 26 heavy (non-hydrogen) atoms. The molecule has 1 N–H and O–H groups in total. The summed E-state index contributed by atoms with van der Waals surface area (Å²) in [5.41, 5.74) is 3.60. The largest absolute Gasteiger partial charge is 0.497 e. The highest BCUT2D eigenvalue weighted by molar-refractivity contribution is 7.13. The van der Waals surface area contributed by atoms with Gasteiger partial charge in [-0.15, -0.1) is 11.3 Å². The van der Waals surface area contributed by atoms with Crippen molar-refractivity contribution in [1.29, 1.82) is 0 Å². The van der Waals surface area contributed by atoms with Crippen molar-refractivity contribution in [3.63, 3.8) is 0 Å². The predicted octanol–water partition coefficient (Wildman–Crippen LogP) is 4.32. The SMILES string of the molecule is COc1ccc(NC(=O)Cc2csc(-c3cccc(C)c3)n2)c(OC)c1. The molecule has 0 aliphatic heterocycles. The van der Waals surface area contributed by atoms with Crippen LogP contribution < -0.4 is 14.8 Å². The summed E-state index contributed by atoms with van der Waals surface area (Å²) in [6.45, 7) is 2.05. The first-order valence-electron chi connectivity index (χ1n) is 8.12. The number of rotatable bonds is 6. The molecular formula is C20H20N2O3S. The van der Waals surface area contributed by atoms with E-state index in [0.717, 1.165) is 16.3 Å². The Balaban J connectivity index is 1.69. The zero-order valence-corrected chi connectivity index (χ0v) is 15.7. The van der Waals surface area contributed by atoms with Crippen LogP contribution >= 0.6 is 11.3 Å². The summed E-state index contributed by atoms with van der Waals surface area (Å²) in [6.07, 6.45) is 0.206. The number of thiazole rings is 1. The Kier molecular flexibility index (Phi) is 5.53. The van der Waals surface area contributed by atoms with Crippen LogP contribution in [0.4, 0.5) is 5.69 Å². The number of anilines is 1. The maximum absolute atomic E-state index is 12.4. The fourth-order valence-electron chi connectivity index (χ4n) is 2.56. The quantitative estimate of drug-likeness (QED) is 0.704. The van der Waals surface area contributed by atoms with Gasteiger partial charge in [0.1, 0.15) is 16.5 Å². The van der Waals surface area contributed by atoms with Crippen LogP contribution in [0.3, 0.4) is 0 Å². The molecule has 2 aromatic carbocycles. The average molecular weight is 368 g/mol. The molecule has 0 bridgehead atoms. The van der Waals surface area contributed by atoms with Gasteiger partial charge in [0.2, 0.25) is 5.91 Å². The molecular weight excluding hydrogens is 348 g/mol. The lowest BCUT2D eigenvalue weighted by atomic mass is 10.1. The second-order valence-electron chi connectivity index (χ2n) is 5.80. The zero-order valence-electron chi connectivity index (χ0n) is 14.9. The monoisotopic (exact) mass is 368 g/mol. The first-order valence-corrected chi connectivity index (χ1v) is 9.00. The van der Waals surface area contributed by atoms with E-state index < -0.39 is 0 Å². The van der Waals surface area contributed by atoms with Crippen LogP contribution in [0.1, 0.15) is 11.3 Å². The molecule has 0 saturated heterocycles. The van der Waals surface area contributed by atoms with Crippen molar-refractivity contribution in [2.45, 2.75) is 13.3 Å². The molecule has 0 spiro atoms. The Bertz CT molecular complexity index is 921. The molecule has 6 heteroatoms. The minimum atomic E-state index is -0.144. The lowest BCUT2D eigenvalue weighted by Crippen LogP contribution is -2.15. The van der Waals surface area contributed by atoms with E-state index in [1.54, 1.807) is 32.4 Å². The Morgan fingerprint density at radius 2 is 2.00 bits per heavy atom. The predicted molar refractivity (Wildman–Crippen MR) is 104 cm³/mol. The van der Waals surface area contributed by atoms with E-state index in [2.05, 4.69) is 16.4 Å². The molecule has 1 amide bonds. The number of aryl methyl sites for hydroxylation is 1. The Labute approximate surface area is 156 Å². The van der Waals surface area contributed by atoms with Gasteiger partial charge in [-0.3, -0.25) is 4.79 Å². The third-order valence-electron chi connectivity index (χ3n) is 3.84. The summed E-state index contributed by atoms with van der Waals surface area (Å²) in [6, 6.07) is 13.4. The minimum Gasteiger partial charge on any atom is -0.497 e. The van der Waals surface area contributed by atoms with Crippen molar-refractivity contribution < 1.29 is 14.3 Å². The fraction of sp³-hybridized carbons (Fsp3) is 0.200. The van der Waals surface area contributed by atoms with Gasteiger partial charge in [0.05, 0.1) is 32.0 Å². The van der Waals surface area contributed by atoms with Crippen LogP contribution in [0.2, 0.25) is 0 Å². The van der Waals surface area contributed by atoms with Crippen molar-refractivity contribution in [2.24, 2.45) is 0 Å². The molecule has 0 radical (unpaired) electrons. The normalized spacial score (nSPS) is 10.4. The molecule has 3 rings (SSSR count). The Morgan fingerprint density at radius 1 is 1.15 bits per heavy atom. The van der Waals surface area contributed by atoms with Gasteiger partial charge < -0.3 is 14.8 Å². The number of carbonyl (C=O) groups excluding carboxylic acids is 1. The molecule has 0 atom stereocenters. The van der Waals surface area contributed by atoms with Crippen molar-refractivity contribution in [3.05, 3.63) is 59.1 Å². The maximum atomic E-state index is 12.4. The number of ether oxygens (including phenoxy) is 2. The zero-order chi connectivity index (χ0) is 18.5. The van der Waals surface area contributed by atoms with E-state index in [1.165, 1.54) is 16.9 Å². The molecule has 3 aromatic rings. The van der Waals surface area contributed by atoms with Gasteiger partial charge in [0, 0.05) is 17.0 Å². The number of benzene rings is 2. The third kappa shape index (κ3) is 4.21. The second kappa shape index (κ2) is 8.01. The number of carbonyl (C=O) groups is 1. The molecule has 0 aliphatic rings. The number of aromatic nitrogens is 1. The van der Waals surface area contributed by atoms with Gasteiger partial charge >= 0.3 is 0 Å². The smallest absolute Gasteiger partial charge is 0.230 e. The lowest BCUT2D eigenvalue weighted by Gasteiger charge is -2.11. The van der Waals surface area contributed by atoms with Crippen LogP contribution in [-0.2, 0) is 11.2 Å². The first-order chi connectivity index (χ1) is 12.6. The van der Waals surface area contributed by atoms with E-state index in [0.29, 0.717) is 17.2 Å². The van der Waals surface area contributed by atoms with Crippen molar-refractivity contribution in [2.75, 3.05) is 19.5 Å². The highest BCUT2D eigenvalue weighted by atomic mass is 32.1. The third-order valence-corrected chi connectivity index (χ3v) is 4.78. The number of nitrogens with zero attached hydrogens (tertiary/aromatic N) is 1. The summed E-state index contributed by atoms with van der Waals surface area (Å²) in [7, 11) is 3.14. The summed E-state index contributed by atoms with van der Waals surface area (Å²) in [5.74, 6) is 1.08. The van der Waals surface area contributed by atoms with Gasteiger partial charge in [-0.25, -0.2) is 4.98 Å². The van der Waals surface area contributed by atoms with E-state index in [1.807, 2.05) is 30.5 Å². The average Bonchev–Trinajstić information content (AvgIpc) is 3.10. The number of hydrogen-bond acceptors (Lipinski definition) is 5. The van der Waals surface area contributed by atoms with Crippen LogP contribution in [0.25, 0.3) is 10.6 Å². The molecule has 1 heterocycles. The van der Waals surface area contributed by atoms with Gasteiger partial charge in [-0.2, -0.15) is 0 Å². The molecule has 0 aliphatic carbocycles. The van der Waals surface area contributed by atoms with Crippen LogP contribution in [-0.4, -0.2) is 25.1 Å². The standard InChI is InChI=1S/C20H20N2O3S/c1-13-5-4-6-14(9-13)20-21-15(12-26-20)10-19(23)22-17-8-7-16(24-2)11-18(17)25-3/h4-9,11-12H,10H2,1-3H3,(H,22,23).